The number of benzene rings is 1. The molecule has 1 aromatic rings. The molecule has 1 N–H and O–H groups in total. The average molecular weight is 224 g/mol. The molecular weight excluding hydrogens is 203 g/mol. The van der Waals surface area contributed by atoms with Crippen molar-refractivity contribution >= 4 is 0 Å². The van der Waals surface area contributed by atoms with Gasteiger partial charge in [-0.05, 0) is 37.0 Å². The molecule has 0 aliphatic heterocycles. The fourth-order valence-electron chi connectivity index (χ4n) is 1.93. The molecule has 1 atom stereocenters. The molecule has 0 aliphatic rings. The molecule has 0 heterocycles. The number of aliphatic hydroxyl groups is 1. The molecule has 0 aliphatic carbocycles. The average Bonchev–Trinajstić information content (AvgIpc) is 2.25. The second-order valence-corrected chi connectivity index (χ2v) is 4.48. The quantitative estimate of drug-likeness (QED) is 0.748. The molecule has 0 aromatic heterocycles. The van der Waals surface area contributed by atoms with E-state index in [9.17, 15) is 9.50 Å². The van der Waals surface area contributed by atoms with E-state index in [1.54, 1.807) is 26.0 Å². The van der Waals surface area contributed by atoms with E-state index in [0.717, 1.165) is 31.2 Å². The predicted molar refractivity (Wildman–Crippen MR) is 65.0 cm³/mol. The topological polar surface area (TPSA) is 20.2 Å². The van der Waals surface area contributed by atoms with Crippen LogP contribution >= 0.6 is 0 Å². The molecule has 1 aromatic carbocycles. The summed E-state index contributed by atoms with van der Waals surface area (Å²) >= 11 is 0. The van der Waals surface area contributed by atoms with Crippen molar-refractivity contribution in [2.75, 3.05) is 0 Å². The van der Waals surface area contributed by atoms with E-state index in [-0.39, 0.29) is 5.82 Å². The van der Waals surface area contributed by atoms with Crippen molar-refractivity contribution in [1.82, 2.24) is 0 Å². The van der Waals surface area contributed by atoms with Crippen molar-refractivity contribution < 1.29 is 9.50 Å². The summed E-state index contributed by atoms with van der Waals surface area (Å²) in [5, 5.41) is 9.96. The van der Waals surface area contributed by atoms with Crippen LogP contribution in [0.15, 0.2) is 12.1 Å². The second-order valence-electron chi connectivity index (χ2n) is 4.48. The summed E-state index contributed by atoms with van der Waals surface area (Å²) in [6.45, 7) is 5.62. The first kappa shape index (κ1) is 13.2. The lowest BCUT2D eigenvalue weighted by Crippen LogP contribution is -2.00. The zero-order valence-corrected chi connectivity index (χ0v) is 10.4. The zero-order chi connectivity index (χ0) is 12.1. The van der Waals surface area contributed by atoms with E-state index >= 15 is 0 Å². The summed E-state index contributed by atoms with van der Waals surface area (Å²) in [7, 11) is 0. The lowest BCUT2D eigenvalue weighted by molar-refractivity contribution is 0.163. The number of aryl methyl sites for hydroxylation is 2. The Bertz CT molecular complexity index is 324. The van der Waals surface area contributed by atoms with Crippen molar-refractivity contribution in [3.63, 3.8) is 0 Å². The summed E-state index contributed by atoms with van der Waals surface area (Å²) in [6, 6.07) is 3.50. The Kier molecular flexibility index (Phi) is 4.94. The van der Waals surface area contributed by atoms with Crippen molar-refractivity contribution in [1.29, 1.82) is 0 Å². The van der Waals surface area contributed by atoms with Gasteiger partial charge in [-0.2, -0.15) is 0 Å². The number of aliphatic hydroxyl groups excluding tert-OH is 1. The molecule has 2 heteroatoms. The normalized spacial score (nSPS) is 12.8. The number of hydrogen-bond acceptors (Lipinski definition) is 1. The highest BCUT2D eigenvalue weighted by atomic mass is 19.1. The molecule has 0 radical (unpaired) electrons. The predicted octanol–water partition coefficient (Wildman–Crippen LogP) is 4.06. The Labute approximate surface area is 97.3 Å². The Morgan fingerprint density at radius 2 is 1.75 bits per heavy atom. The molecule has 1 nitrogen and oxygen atoms in total. The van der Waals surface area contributed by atoms with Crippen molar-refractivity contribution in [3.8, 4) is 0 Å². The van der Waals surface area contributed by atoms with Crippen LogP contribution < -0.4 is 0 Å². The van der Waals surface area contributed by atoms with Crippen molar-refractivity contribution in [3.05, 3.63) is 34.6 Å². The third-order valence-corrected chi connectivity index (χ3v) is 2.92. The molecule has 90 valence electrons. The van der Waals surface area contributed by atoms with E-state index in [2.05, 4.69) is 6.92 Å². The minimum Gasteiger partial charge on any atom is -0.388 e. The van der Waals surface area contributed by atoms with Gasteiger partial charge >= 0.3 is 0 Å². The third-order valence-electron chi connectivity index (χ3n) is 2.92. The minimum atomic E-state index is -0.454. The van der Waals surface area contributed by atoms with Gasteiger partial charge in [-0.15, -0.1) is 0 Å². The van der Waals surface area contributed by atoms with E-state index < -0.39 is 6.10 Å². The Hall–Kier alpha value is -0.890. The highest BCUT2D eigenvalue weighted by Gasteiger charge is 2.11. The number of unbranched alkanes of at least 4 members (excludes halogenated alkanes) is 2. The molecule has 0 spiro atoms. The van der Waals surface area contributed by atoms with Crippen LogP contribution in [-0.4, -0.2) is 5.11 Å². The monoisotopic (exact) mass is 224 g/mol. The molecular formula is C14H21FO. The highest BCUT2D eigenvalue weighted by molar-refractivity contribution is 5.31. The Morgan fingerprint density at radius 1 is 1.19 bits per heavy atom. The highest BCUT2D eigenvalue weighted by Crippen LogP contribution is 2.23. The summed E-state index contributed by atoms with van der Waals surface area (Å²) in [6.07, 6.45) is 3.61. The number of hydrogen-bond donors (Lipinski definition) is 1. The summed E-state index contributed by atoms with van der Waals surface area (Å²) in [5.41, 5.74) is 2.07. The SMILES string of the molecule is CCCCCC(O)c1cc(C)c(F)c(C)c1. The summed E-state index contributed by atoms with van der Waals surface area (Å²) in [5.74, 6) is -0.162. The van der Waals surface area contributed by atoms with Crippen LogP contribution in [0.3, 0.4) is 0 Å². The molecule has 0 saturated heterocycles. The van der Waals surface area contributed by atoms with Gasteiger partial charge in [-0.25, -0.2) is 4.39 Å². The van der Waals surface area contributed by atoms with Gasteiger partial charge in [-0.1, -0.05) is 38.3 Å². The maximum Gasteiger partial charge on any atom is 0.129 e. The fraction of sp³-hybridized carbons (Fsp3) is 0.571. The van der Waals surface area contributed by atoms with Gasteiger partial charge in [0.2, 0.25) is 0 Å². The van der Waals surface area contributed by atoms with Gasteiger partial charge in [0.05, 0.1) is 6.10 Å². The van der Waals surface area contributed by atoms with Gasteiger partial charge in [0.1, 0.15) is 5.82 Å². The van der Waals surface area contributed by atoms with Gasteiger partial charge in [0, 0.05) is 0 Å². The van der Waals surface area contributed by atoms with E-state index in [0.29, 0.717) is 11.1 Å². The van der Waals surface area contributed by atoms with Gasteiger partial charge < -0.3 is 5.11 Å². The second kappa shape index (κ2) is 6.00. The summed E-state index contributed by atoms with van der Waals surface area (Å²) < 4.78 is 13.4. The smallest absolute Gasteiger partial charge is 0.129 e. The van der Waals surface area contributed by atoms with Crippen LogP contribution in [0.4, 0.5) is 4.39 Å². The zero-order valence-electron chi connectivity index (χ0n) is 10.4. The molecule has 16 heavy (non-hydrogen) atoms. The van der Waals surface area contributed by atoms with Gasteiger partial charge in [-0.3, -0.25) is 0 Å². The standard InChI is InChI=1S/C14H21FO/c1-4-5-6-7-13(16)12-8-10(2)14(15)11(3)9-12/h8-9,13,16H,4-7H2,1-3H3. The Balaban J connectivity index is 2.72. The third kappa shape index (κ3) is 3.31. The van der Waals surface area contributed by atoms with Crippen LogP contribution in [0.5, 0.6) is 0 Å². The Morgan fingerprint density at radius 3 is 2.25 bits per heavy atom. The maximum atomic E-state index is 13.4. The lowest BCUT2D eigenvalue weighted by atomic mass is 9.99. The molecule has 1 unspecified atom stereocenters. The van der Waals surface area contributed by atoms with Crippen LogP contribution in [0.1, 0.15) is 55.4 Å². The number of halogens is 1. The first-order chi connectivity index (χ1) is 7.56. The first-order valence-corrected chi connectivity index (χ1v) is 6.01. The van der Waals surface area contributed by atoms with E-state index in [1.807, 2.05) is 0 Å². The number of rotatable bonds is 5. The van der Waals surface area contributed by atoms with E-state index in [4.69, 9.17) is 0 Å². The van der Waals surface area contributed by atoms with Crippen molar-refractivity contribution in [2.24, 2.45) is 0 Å². The molecule has 0 bridgehead atoms. The fourth-order valence-corrected chi connectivity index (χ4v) is 1.93. The van der Waals surface area contributed by atoms with Crippen LogP contribution in [0.25, 0.3) is 0 Å². The molecule has 0 fully saturated rings. The van der Waals surface area contributed by atoms with E-state index in [1.165, 1.54) is 0 Å². The van der Waals surface area contributed by atoms with Crippen LogP contribution in [-0.2, 0) is 0 Å². The van der Waals surface area contributed by atoms with Crippen LogP contribution in [0, 0.1) is 19.7 Å². The summed E-state index contributed by atoms with van der Waals surface area (Å²) in [4.78, 5) is 0. The minimum absolute atomic E-state index is 0.162. The first-order valence-electron chi connectivity index (χ1n) is 6.01. The van der Waals surface area contributed by atoms with Gasteiger partial charge in [0.25, 0.3) is 0 Å². The maximum absolute atomic E-state index is 13.4. The van der Waals surface area contributed by atoms with Crippen molar-refractivity contribution in [2.45, 2.75) is 52.6 Å². The molecule has 1 rings (SSSR count). The largest absolute Gasteiger partial charge is 0.388 e. The molecule has 0 amide bonds. The van der Waals surface area contributed by atoms with Gasteiger partial charge in [0.15, 0.2) is 0 Å². The van der Waals surface area contributed by atoms with Crippen LogP contribution in [0.2, 0.25) is 0 Å². The molecule has 0 saturated carbocycles. The lowest BCUT2D eigenvalue weighted by Gasteiger charge is -2.13.